The quantitative estimate of drug-likeness (QED) is 0.742. The van der Waals surface area contributed by atoms with Gasteiger partial charge in [0.2, 0.25) is 0 Å². The highest BCUT2D eigenvalue weighted by Crippen LogP contribution is 2.16. The van der Waals surface area contributed by atoms with Crippen molar-refractivity contribution < 1.29 is 4.42 Å². The summed E-state index contributed by atoms with van der Waals surface area (Å²) in [5.74, 6) is 0.726. The molecule has 2 rings (SSSR count). The van der Waals surface area contributed by atoms with E-state index in [-0.39, 0.29) is 0 Å². The van der Waals surface area contributed by atoms with Crippen LogP contribution in [-0.4, -0.2) is 31.7 Å². The number of fused-ring (bicyclic) bond motifs is 1. The van der Waals surface area contributed by atoms with E-state index in [0.29, 0.717) is 0 Å². The van der Waals surface area contributed by atoms with E-state index in [9.17, 15) is 0 Å². The predicted octanol–water partition coefficient (Wildman–Crippen LogP) is 1.49. The Labute approximate surface area is 101 Å². The average Bonchev–Trinajstić information content (AvgIpc) is 2.68. The van der Waals surface area contributed by atoms with Crippen LogP contribution in [0.25, 0.3) is 11.1 Å². The molecule has 1 aromatic heterocycles. The maximum atomic E-state index is 5.45. The Morgan fingerprint density at radius 2 is 2.12 bits per heavy atom. The van der Waals surface area contributed by atoms with Gasteiger partial charge in [-0.05, 0) is 37.7 Å². The lowest BCUT2D eigenvalue weighted by Gasteiger charge is -2.04. The van der Waals surface area contributed by atoms with E-state index in [1.807, 2.05) is 20.0 Å². The van der Waals surface area contributed by atoms with Crippen molar-refractivity contribution in [3.8, 4) is 0 Å². The Morgan fingerprint density at radius 3 is 2.94 bits per heavy atom. The summed E-state index contributed by atoms with van der Waals surface area (Å²) in [4.78, 5) is 4.33. The molecule has 2 N–H and O–H groups in total. The second-order valence-corrected chi connectivity index (χ2v) is 4.14. The van der Waals surface area contributed by atoms with Crippen LogP contribution in [-0.2, 0) is 6.42 Å². The molecule has 1 heterocycles. The maximum absolute atomic E-state index is 5.45. The number of aromatic nitrogens is 1. The van der Waals surface area contributed by atoms with E-state index < -0.39 is 0 Å². The van der Waals surface area contributed by atoms with Crippen LogP contribution in [0.4, 0.5) is 0 Å². The fourth-order valence-corrected chi connectivity index (χ4v) is 1.81. The Bertz CT molecular complexity index is 478. The van der Waals surface area contributed by atoms with E-state index in [2.05, 4.69) is 27.8 Å². The summed E-state index contributed by atoms with van der Waals surface area (Å²) in [5, 5.41) is 6.49. The zero-order valence-corrected chi connectivity index (χ0v) is 10.4. The van der Waals surface area contributed by atoms with E-state index in [0.717, 1.165) is 43.0 Å². The molecule has 92 valence electrons. The van der Waals surface area contributed by atoms with Gasteiger partial charge in [-0.2, -0.15) is 0 Å². The number of hydrogen-bond donors (Lipinski definition) is 2. The predicted molar refractivity (Wildman–Crippen MR) is 69.2 cm³/mol. The Kier molecular flexibility index (Phi) is 4.12. The summed E-state index contributed by atoms with van der Waals surface area (Å²) >= 11 is 0. The van der Waals surface area contributed by atoms with Crippen molar-refractivity contribution in [2.75, 3.05) is 26.7 Å². The summed E-state index contributed by atoms with van der Waals surface area (Å²) in [6.07, 6.45) is 1.02. The molecular formula is C13H19N3O. The van der Waals surface area contributed by atoms with Gasteiger partial charge in [-0.15, -0.1) is 0 Å². The summed E-state index contributed by atoms with van der Waals surface area (Å²) in [7, 11) is 1.96. The second-order valence-electron chi connectivity index (χ2n) is 4.14. The van der Waals surface area contributed by atoms with Gasteiger partial charge >= 0.3 is 0 Å². The molecule has 0 saturated heterocycles. The number of likely N-dealkylation sites (N-methyl/N-ethyl adjacent to an activating group) is 1. The van der Waals surface area contributed by atoms with Crippen molar-refractivity contribution >= 4 is 11.1 Å². The van der Waals surface area contributed by atoms with Crippen molar-refractivity contribution in [2.45, 2.75) is 13.3 Å². The van der Waals surface area contributed by atoms with Crippen molar-refractivity contribution in [2.24, 2.45) is 0 Å². The first-order valence-corrected chi connectivity index (χ1v) is 6.01. The molecule has 0 radical (unpaired) electrons. The summed E-state index contributed by atoms with van der Waals surface area (Å²) in [6.45, 7) is 4.87. The lowest BCUT2D eigenvalue weighted by molar-refractivity contribution is 0.561. The lowest BCUT2D eigenvalue weighted by atomic mass is 10.1. The van der Waals surface area contributed by atoms with Crippen LogP contribution in [0.3, 0.4) is 0 Å². The van der Waals surface area contributed by atoms with Gasteiger partial charge in [0.25, 0.3) is 0 Å². The zero-order valence-electron chi connectivity index (χ0n) is 10.4. The van der Waals surface area contributed by atoms with Crippen LogP contribution in [0.1, 0.15) is 11.5 Å². The number of rotatable bonds is 6. The molecule has 0 saturated carbocycles. The highest BCUT2D eigenvalue weighted by Gasteiger charge is 2.02. The lowest BCUT2D eigenvalue weighted by Crippen LogP contribution is -2.26. The van der Waals surface area contributed by atoms with Gasteiger partial charge < -0.3 is 15.1 Å². The number of hydrogen-bond acceptors (Lipinski definition) is 4. The van der Waals surface area contributed by atoms with Crippen LogP contribution < -0.4 is 10.6 Å². The van der Waals surface area contributed by atoms with Gasteiger partial charge in [0.1, 0.15) is 5.52 Å². The minimum Gasteiger partial charge on any atom is -0.441 e. The van der Waals surface area contributed by atoms with Crippen molar-refractivity contribution in [1.82, 2.24) is 15.6 Å². The standard InChI is InChI=1S/C13H19N3O/c1-10-16-12-9-11(3-4-13(12)17-10)5-6-15-8-7-14-2/h3-4,9,14-15H,5-8H2,1-2H3. The molecule has 17 heavy (non-hydrogen) atoms. The Morgan fingerprint density at radius 1 is 1.24 bits per heavy atom. The van der Waals surface area contributed by atoms with Crippen molar-refractivity contribution in [1.29, 1.82) is 0 Å². The molecule has 1 aromatic carbocycles. The fraction of sp³-hybridized carbons (Fsp3) is 0.462. The molecule has 0 atom stereocenters. The third kappa shape index (κ3) is 3.28. The van der Waals surface area contributed by atoms with E-state index in [4.69, 9.17) is 4.42 Å². The van der Waals surface area contributed by atoms with Crippen molar-refractivity contribution in [3.63, 3.8) is 0 Å². The first-order valence-electron chi connectivity index (χ1n) is 6.01. The number of benzene rings is 1. The molecule has 0 fully saturated rings. The summed E-state index contributed by atoms with van der Waals surface area (Å²) < 4.78 is 5.45. The highest BCUT2D eigenvalue weighted by atomic mass is 16.3. The fourth-order valence-electron chi connectivity index (χ4n) is 1.81. The number of oxazole rings is 1. The van der Waals surface area contributed by atoms with Gasteiger partial charge in [-0.25, -0.2) is 4.98 Å². The second kappa shape index (κ2) is 5.80. The maximum Gasteiger partial charge on any atom is 0.192 e. The largest absolute Gasteiger partial charge is 0.441 e. The van der Waals surface area contributed by atoms with Crippen LogP contribution in [0.15, 0.2) is 22.6 Å². The zero-order chi connectivity index (χ0) is 12.1. The van der Waals surface area contributed by atoms with E-state index >= 15 is 0 Å². The molecule has 0 spiro atoms. The minimum atomic E-state index is 0.726. The Hall–Kier alpha value is -1.39. The molecule has 4 nitrogen and oxygen atoms in total. The van der Waals surface area contributed by atoms with Crippen LogP contribution >= 0.6 is 0 Å². The van der Waals surface area contributed by atoms with E-state index in [1.54, 1.807) is 0 Å². The smallest absolute Gasteiger partial charge is 0.192 e. The van der Waals surface area contributed by atoms with Gasteiger partial charge in [0, 0.05) is 20.0 Å². The molecule has 2 aromatic rings. The summed E-state index contributed by atoms with van der Waals surface area (Å²) in [6, 6.07) is 6.20. The normalized spacial score (nSPS) is 11.2. The molecule has 0 aliphatic carbocycles. The third-order valence-electron chi connectivity index (χ3n) is 2.70. The van der Waals surface area contributed by atoms with Crippen molar-refractivity contribution in [3.05, 3.63) is 29.7 Å². The minimum absolute atomic E-state index is 0.726. The first kappa shape index (κ1) is 12.1. The average molecular weight is 233 g/mol. The number of nitrogens with one attached hydrogen (secondary N) is 2. The molecule has 0 aliphatic rings. The van der Waals surface area contributed by atoms with E-state index in [1.165, 1.54) is 5.56 Å². The van der Waals surface area contributed by atoms with Gasteiger partial charge in [-0.1, -0.05) is 6.07 Å². The number of aryl methyl sites for hydroxylation is 1. The van der Waals surface area contributed by atoms with Gasteiger partial charge in [-0.3, -0.25) is 0 Å². The van der Waals surface area contributed by atoms with Gasteiger partial charge in [0.05, 0.1) is 0 Å². The molecule has 0 bridgehead atoms. The first-order chi connectivity index (χ1) is 8.29. The molecular weight excluding hydrogens is 214 g/mol. The van der Waals surface area contributed by atoms with Crippen LogP contribution in [0.5, 0.6) is 0 Å². The molecule has 0 unspecified atom stereocenters. The SMILES string of the molecule is CNCCNCCc1ccc2oc(C)nc2c1. The molecule has 4 heteroatoms. The van der Waals surface area contributed by atoms with Crippen LogP contribution in [0, 0.1) is 6.92 Å². The van der Waals surface area contributed by atoms with Gasteiger partial charge in [0.15, 0.2) is 11.5 Å². The third-order valence-corrected chi connectivity index (χ3v) is 2.70. The monoisotopic (exact) mass is 233 g/mol. The van der Waals surface area contributed by atoms with Crippen LogP contribution in [0.2, 0.25) is 0 Å². The molecule has 0 amide bonds. The number of nitrogens with zero attached hydrogens (tertiary/aromatic N) is 1. The highest BCUT2D eigenvalue weighted by molar-refractivity contribution is 5.73. The summed E-state index contributed by atoms with van der Waals surface area (Å²) in [5.41, 5.74) is 3.12. The topological polar surface area (TPSA) is 50.1 Å². The Balaban J connectivity index is 1.90. The molecule has 0 aliphatic heterocycles.